The van der Waals surface area contributed by atoms with Crippen LogP contribution in [-0.4, -0.2) is 29.4 Å². The van der Waals surface area contributed by atoms with Gasteiger partial charge in [0, 0.05) is 10.8 Å². The molecule has 1 heterocycles. The average Bonchev–Trinajstić information content (AvgIpc) is 3.09. The summed E-state index contributed by atoms with van der Waals surface area (Å²) < 4.78 is 10.6. The lowest BCUT2D eigenvalue weighted by atomic mass is 10.2. The summed E-state index contributed by atoms with van der Waals surface area (Å²) >= 11 is 7.61. The van der Waals surface area contributed by atoms with E-state index in [1.807, 2.05) is 30.3 Å². The van der Waals surface area contributed by atoms with Gasteiger partial charge in [-0.3, -0.25) is 5.10 Å². The first kappa shape index (κ1) is 16.7. The molecule has 3 rings (SSSR count). The van der Waals surface area contributed by atoms with Crippen LogP contribution in [0.25, 0.3) is 11.4 Å². The summed E-state index contributed by atoms with van der Waals surface area (Å²) in [6, 6.07) is 13.3. The monoisotopic (exact) mass is 361 g/mol. The maximum absolute atomic E-state index is 6.07. The second kappa shape index (κ2) is 7.59. The molecular weight excluding hydrogens is 346 g/mol. The number of ether oxygens (including phenoxy) is 2. The topological polar surface area (TPSA) is 60.0 Å². The average molecular weight is 362 g/mol. The fraction of sp³-hybridized carbons (Fsp3) is 0.176. The van der Waals surface area contributed by atoms with E-state index >= 15 is 0 Å². The molecule has 0 bridgehead atoms. The zero-order chi connectivity index (χ0) is 16.9. The number of hydrogen-bond acceptors (Lipinski definition) is 5. The molecule has 0 unspecified atom stereocenters. The van der Waals surface area contributed by atoms with Crippen molar-refractivity contribution in [3.63, 3.8) is 0 Å². The van der Waals surface area contributed by atoms with Crippen molar-refractivity contribution in [2.75, 3.05) is 14.2 Å². The van der Waals surface area contributed by atoms with Crippen LogP contribution in [0.15, 0.2) is 47.6 Å². The minimum Gasteiger partial charge on any atom is -0.497 e. The number of aromatic amines is 1. The van der Waals surface area contributed by atoms with Gasteiger partial charge in [-0.2, -0.15) is 0 Å². The lowest BCUT2D eigenvalue weighted by Gasteiger charge is -2.05. The fourth-order valence-corrected chi connectivity index (χ4v) is 3.12. The molecule has 0 saturated carbocycles. The van der Waals surface area contributed by atoms with Crippen LogP contribution >= 0.6 is 23.4 Å². The van der Waals surface area contributed by atoms with E-state index in [2.05, 4.69) is 15.2 Å². The second-order valence-corrected chi connectivity index (χ2v) is 6.33. The molecule has 1 N–H and O–H groups in total. The Bertz CT molecular complexity index is 838. The first-order valence-corrected chi connectivity index (χ1v) is 8.58. The number of nitrogens with one attached hydrogen (secondary N) is 1. The quantitative estimate of drug-likeness (QED) is 0.658. The highest BCUT2D eigenvalue weighted by Gasteiger charge is 2.12. The van der Waals surface area contributed by atoms with Crippen molar-refractivity contribution in [2.24, 2.45) is 0 Å². The third kappa shape index (κ3) is 3.83. The van der Waals surface area contributed by atoms with Gasteiger partial charge >= 0.3 is 0 Å². The maximum Gasteiger partial charge on any atom is 0.209 e. The number of thioether (sulfide) groups is 1. The molecule has 24 heavy (non-hydrogen) atoms. The van der Waals surface area contributed by atoms with Crippen LogP contribution in [-0.2, 0) is 5.75 Å². The van der Waals surface area contributed by atoms with Gasteiger partial charge in [0.2, 0.25) is 5.16 Å². The minimum atomic E-state index is 0.618. The van der Waals surface area contributed by atoms with Gasteiger partial charge in [0.05, 0.1) is 19.8 Å². The van der Waals surface area contributed by atoms with Gasteiger partial charge in [-0.25, -0.2) is 4.98 Å². The summed E-state index contributed by atoms with van der Waals surface area (Å²) in [5.41, 5.74) is 1.93. The number of H-pyrrole nitrogens is 1. The van der Waals surface area contributed by atoms with Crippen LogP contribution in [0.3, 0.4) is 0 Å². The number of hydrogen-bond donors (Lipinski definition) is 1. The zero-order valence-corrected chi connectivity index (χ0v) is 14.8. The minimum absolute atomic E-state index is 0.618. The van der Waals surface area contributed by atoms with Crippen LogP contribution in [0, 0.1) is 0 Å². The van der Waals surface area contributed by atoms with Gasteiger partial charge < -0.3 is 9.47 Å². The third-order valence-corrected chi connectivity index (χ3v) is 4.54. The van der Waals surface area contributed by atoms with Crippen LogP contribution in [0.4, 0.5) is 0 Å². The van der Waals surface area contributed by atoms with Gasteiger partial charge in [-0.05, 0) is 35.9 Å². The standard InChI is InChI=1S/C17H16ClN3O2S/c1-22-13-5-3-4-11(8-13)10-24-17-19-16(20-21-17)14-9-12(18)6-7-15(14)23-2/h3-9H,10H2,1-2H3,(H,19,20,21). The van der Waals surface area contributed by atoms with Crippen LogP contribution < -0.4 is 9.47 Å². The Balaban J connectivity index is 1.75. The van der Waals surface area contributed by atoms with Gasteiger partial charge in [-0.15, -0.1) is 5.10 Å². The Morgan fingerprint density at radius 2 is 2.00 bits per heavy atom. The molecule has 1 aromatic heterocycles. The van der Waals surface area contributed by atoms with Crippen molar-refractivity contribution in [3.8, 4) is 22.9 Å². The van der Waals surface area contributed by atoms with Gasteiger partial charge in [0.15, 0.2) is 5.82 Å². The summed E-state index contributed by atoms with van der Waals surface area (Å²) in [6.07, 6.45) is 0. The van der Waals surface area contributed by atoms with E-state index in [0.29, 0.717) is 21.8 Å². The molecule has 3 aromatic rings. The molecule has 0 amide bonds. The van der Waals surface area contributed by atoms with Crippen molar-refractivity contribution in [1.29, 1.82) is 0 Å². The van der Waals surface area contributed by atoms with Gasteiger partial charge in [-0.1, -0.05) is 35.5 Å². The Morgan fingerprint density at radius 3 is 2.79 bits per heavy atom. The van der Waals surface area contributed by atoms with E-state index < -0.39 is 0 Å². The SMILES string of the molecule is COc1cccc(CSc2n[nH]c(-c3cc(Cl)ccc3OC)n2)c1. The van der Waals surface area contributed by atoms with E-state index in [4.69, 9.17) is 21.1 Å². The second-order valence-electron chi connectivity index (χ2n) is 4.95. The van der Waals surface area contributed by atoms with Crippen LogP contribution in [0.2, 0.25) is 5.02 Å². The highest BCUT2D eigenvalue weighted by Crippen LogP contribution is 2.31. The number of methoxy groups -OCH3 is 2. The number of halogens is 1. The predicted octanol–water partition coefficient (Wildman–Crippen LogP) is 4.43. The molecule has 2 aromatic carbocycles. The molecule has 0 fully saturated rings. The Labute approximate surface area is 149 Å². The van der Waals surface area contributed by atoms with Crippen molar-refractivity contribution >= 4 is 23.4 Å². The molecule has 0 spiro atoms. The molecular formula is C17H16ClN3O2S. The fourth-order valence-electron chi connectivity index (χ4n) is 2.21. The van der Waals surface area contributed by atoms with Crippen molar-refractivity contribution < 1.29 is 9.47 Å². The van der Waals surface area contributed by atoms with Crippen LogP contribution in [0.5, 0.6) is 11.5 Å². The molecule has 0 atom stereocenters. The highest BCUT2D eigenvalue weighted by molar-refractivity contribution is 7.98. The van der Waals surface area contributed by atoms with Crippen LogP contribution in [0.1, 0.15) is 5.56 Å². The van der Waals surface area contributed by atoms with Gasteiger partial charge in [0.25, 0.3) is 0 Å². The highest BCUT2D eigenvalue weighted by atomic mass is 35.5. The third-order valence-electron chi connectivity index (χ3n) is 3.38. The summed E-state index contributed by atoms with van der Waals surface area (Å²) in [5.74, 6) is 2.91. The number of nitrogens with zero attached hydrogens (tertiary/aromatic N) is 2. The van der Waals surface area contributed by atoms with E-state index in [1.54, 1.807) is 38.1 Å². The first-order chi connectivity index (χ1) is 11.7. The van der Waals surface area contributed by atoms with Gasteiger partial charge in [0.1, 0.15) is 11.5 Å². The number of benzene rings is 2. The van der Waals surface area contributed by atoms with Crippen molar-refractivity contribution in [3.05, 3.63) is 53.1 Å². The lowest BCUT2D eigenvalue weighted by Crippen LogP contribution is -1.89. The molecule has 0 aliphatic heterocycles. The summed E-state index contributed by atoms with van der Waals surface area (Å²) in [6.45, 7) is 0. The Kier molecular flexibility index (Phi) is 5.27. The normalized spacial score (nSPS) is 10.6. The molecule has 0 aliphatic rings. The van der Waals surface area contributed by atoms with Crippen molar-refractivity contribution in [1.82, 2.24) is 15.2 Å². The smallest absolute Gasteiger partial charge is 0.209 e. The van der Waals surface area contributed by atoms with E-state index in [-0.39, 0.29) is 0 Å². The molecule has 0 aliphatic carbocycles. The summed E-state index contributed by atoms with van der Waals surface area (Å²) in [4.78, 5) is 4.51. The summed E-state index contributed by atoms with van der Waals surface area (Å²) in [5, 5.41) is 8.47. The molecule has 0 saturated heterocycles. The zero-order valence-electron chi connectivity index (χ0n) is 13.2. The van der Waals surface area contributed by atoms with Crippen molar-refractivity contribution in [2.45, 2.75) is 10.9 Å². The summed E-state index contributed by atoms with van der Waals surface area (Å²) in [7, 11) is 3.27. The molecule has 5 nitrogen and oxygen atoms in total. The number of aromatic nitrogens is 3. The Morgan fingerprint density at radius 1 is 1.12 bits per heavy atom. The Hall–Kier alpha value is -2.18. The van der Waals surface area contributed by atoms with E-state index in [0.717, 1.165) is 22.6 Å². The lowest BCUT2D eigenvalue weighted by molar-refractivity contribution is 0.414. The molecule has 7 heteroatoms. The van der Waals surface area contributed by atoms with E-state index in [9.17, 15) is 0 Å². The first-order valence-electron chi connectivity index (χ1n) is 7.21. The molecule has 0 radical (unpaired) electrons. The maximum atomic E-state index is 6.07. The number of rotatable bonds is 6. The predicted molar refractivity (Wildman–Crippen MR) is 95.9 cm³/mol. The largest absolute Gasteiger partial charge is 0.497 e. The van der Waals surface area contributed by atoms with E-state index in [1.165, 1.54) is 0 Å². The molecule has 124 valence electrons.